The Labute approximate surface area is 68.0 Å². The van der Waals surface area contributed by atoms with Crippen molar-refractivity contribution in [2.45, 2.75) is 13.8 Å². The van der Waals surface area contributed by atoms with Gasteiger partial charge in [0.1, 0.15) is 4.60 Å². The van der Waals surface area contributed by atoms with E-state index in [4.69, 9.17) is 0 Å². The van der Waals surface area contributed by atoms with Gasteiger partial charge in [0.25, 0.3) is 0 Å². The molecular weight excluding hydrogens is 194 g/mol. The summed E-state index contributed by atoms with van der Waals surface area (Å²) in [5.74, 6) is 0.227. The number of halogens is 1. The molecule has 1 heterocycles. The van der Waals surface area contributed by atoms with Gasteiger partial charge >= 0.3 is 0 Å². The SMILES string of the molecule is Cc1cc(C)c(O)c(Br)n1. The van der Waals surface area contributed by atoms with Gasteiger partial charge in [-0.05, 0) is 41.4 Å². The smallest absolute Gasteiger partial charge is 0.151 e. The molecule has 0 saturated carbocycles. The fourth-order valence-electron chi connectivity index (χ4n) is 0.784. The molecule has 0 spiro atoms. The molecule has 0 aliphatic carbocycles. The lowest BCUT2D eigenvalue weighted by Gasteiger charge is -2.00. The first kappa shape index (κ1) is 7.54. The molecule has 0 aliphatic rings. The van der Waals surface area contributed by atoms with E-state index in [-0.39, 0.29) is 5.75 Å². The average Bonchev–Trinajstić information content (AvgIpc) is 1.82. The molecule has 0 aliphatic heterocycles. The van der Waals surface area contributed by atoms with Crippen molar-refractivity contribution >= 4 is 15.9 Å². The maximum absolute atomic E-state index is 9.22. The highest BCUT2D eigenvalue weighted by molar-refractivity contribution is 9.10. The summed E-state index contributed by atoms with van der Waals surface area (Å²) in [5, 5.41) is 9.22. The van der Waals surface area contributed by atoms with Crippen LogP contribution < -0.4 is 0 Å². The van der Waals surface area contributed by atoms with Crippen molar-refractivity contribution in [1.29, 1.82) is 0 Å². The standard InChI is InChI=1S/C7H8BrNO/c1-4-3-5(2)9-7(8)6(4)10/h3,10H,1-2H3. The van der Waals surface area contributed by atoms with Gasteiger partial charge in [0.05, 0.1) is 0 Å². The average molecular weight is 202 g/mol. The minimum absolute atomic E-state index is 0.227. The number of aryl methyl sites for hydroxylation is 2. The van der Waals surface area contributed by atoms with Gasteiger partial charge in [-0.1, -0.05) is 0 Å². The lowest BCUT2D eigenvalue weighted by atomic mass is 10.2. The number of hydrogen-bond donors (Lipinski definition) is 1. The highest BCUT2D eigenvalue weighted by atomic mass is 79.9. The van der Waals surface area contributed by atoms with Crippen LogP contribution in [-0.2, 0) is 0 Å². The third kappa shape index (κ3) is 1.29. The fraction of sp³-hybridized carbons (Fsp3) is 0.286. The second-order valence-electron chi connectivity index (χ2n) is 2.22. The van der Waals surface area contributed by atoms with Crippen LogP contribution in [0.4, 0.5) is 0 Å². The van der Waals surface area contributed by atoms with Crippen LogP contribution in [0, 0.1) is 13.8 Å². The number of hydrogen-bond acceptors (Lipinski definition) is 2. The zero-order valence-corrected chi connectivity index (χ0v) is 7.44. The molecule has 0 amide bonds. The molecule has 0 saturated heterocycles. The molecule has 0 bridgehead atoms. The number of nitrogens with zero attached hydrogens (tertiary/aromatic N) is 1. The van der Waals surface area contributed by atoms with Crippen molar-refractivity contribution in [2.24, 2.45) is 0 Å². The maximum atomic E-state index is 9.22. The third-order valence-electron chi connectivity index (χ3n) is 1.27. The monoisotopic (exact) mass is 201 g/mol. The lowest BCUT2D eigenvalue weighted by Crippen LogP contribution is -1.85. The Morgan fingerprint density at radius 3 is 2.60 bits per heavy atom. The molecule has 10 heavy (non-hydrogen) atoms. The molecule has 1 N–H and O–H groups in total. The summed E-state index contributed by atoms with van der Waals surface area (Å²) in [6, 6.07) is 1.83. The second kappa shape index (κ2) is 2.58. The molecular formula is C7H8BrNO. The van der Waals surface area contributed by atoms with E-state index in [9.17, 15) is 5.11 Å². The first-order valence-electron chi connectivity index (χ1n) is 2.94. The Balaban J connectivity index is 3.31. The van der Waals surface area contributed by atoms with Gasteiger partial charge in [0.15, 0.2) is 5.75 Å². The van der Waals surface area contributed by atoms with E-state index in [0.717, 1.165) is 11.3 Å². The van der Waals surface area contributed by atoms with E-state index in [1.165, 1.54) is 0 Å². The minimum Gasteiger partial charge on any atom is -0.505 e. The van der Waals surface area contributed by atoms with Crippen molar-refractivity contribution < 1.29 is 5.11 Å². The van der Waals surface area contributed by atoms with Gasteiger partial charge in [-0.15, -0.1) is 0 Å². The van der Waals surface area contributed by atoms with Crippen LogP contribution in [-0.4, -0.2) is 10.1 Å². The minimum atomic E-state index is 0.227. The number of aromatic hydroxyl groups is 1. The number of aromatic nitrogens is 1. The van der Waals surface area contributed by atoms with Crippen LogP contribution in [0.25, 0.3) is 0 Å². The highest BCUT2D eigenvalue weighted by Gasteiger charge is 2.02. The summed E-state index contributed by atoms with van der Waals surface area (Å²) in [6.45, 7) is 3.73. The number of pyridine rings is 1. The van der Waals surface area contributed by atoms with E-state index < -0.39 is 0 Å². The summed E-state index contributed by atoms with van der Waals surface area (Å²) in [5.41, 5.74) is 1.75. The Morgan fingerprint density at radius 1 is 1.50 bits per heavy atom. The summed E-state index contributed by atoms with van der Waals surface area (Å²) in [6.07, 6.45) is 0. The second-order valence-corrected chi connectivity index (χ2v) is 2.97. The van der Waals surface area contributed by atoms with Crippen molar-refractivity contribution in [2.75, 3.05) is 0 Å². The fourth-order valence-corrected chi connectivity index (χ4v) is 1.38. The quantitative estimate of drug-likeness (QED) is 0.654. The molecule has 0 unspecified atom stereocenters. The van der Waals surface area contributed by atoms with Gasteiger partial charge in [0, 0.05) is 5.69 Å². The van der Waals surface area contributed by atoms with Crippen molar-refractivity contribution in [1.82, 2.24) is 4.98 Å². The van der Waals surface area contributed by atoms with Crippen LogP contribution in [0.5, 0.6) is 5.75 Å². The van der Waals surface area contributed by atoms with Gasteiger partial charge in [-0.3, -0.25) is 0 Å². The largest absolute Gasteiger partial charge is 0.505 e. The highest BCUT2D eigenvalue weighted by Crippen LogP contribution is 2.25. The molecule has 0 aromatic carbocycles. The summed E-state index contributed by atoms with van der Waals surface area (Å²) >= 11 is 3.14. The molecule has 2 nitrogen and oxygen atoms in total. The zero-order valence-electron chi connectivity index (χ0n) is 5.85. The Bertz CT molecular complexity index is 237. The van der Waals surface area contributed by atoms with Crippen molar-refractivity contribution in [3.63, 3.8) is 0 Å². The summed E-state index contributed by atoms with van der Waals surface area (Å²) < 4.78 is 0.519. The molecule has 1 aromatic heterocycles. The molecule has 3 heteroatoms. The molecule has 54 valence electrons. The van der Waals surface area contributed by atoms with E-state index in [1.54, 1.807) is 0 Å². The van der Waals surface area contributed by atoms with Crippen LogP contribution in [0.15, 0.2) is 10.7 Å². The lowest BCUT2D eigenvalue weighted by molar-refractivity contribution is 0.464. The Hall–Kier alpha value is -0.570. The predicted octanol–water partition coefficient (Wildman–Crippen LogP) is 2.17. The van der Waals surface area contributed by atoms with Gasteiger partial charge in [-0.25, -0.2) is 4.98 Å². The van der Waals surface area contributed by atoms with Gasteiger partial charge < -0.3 is 5.11 Å². The van der Waals surface area contributed by atoms with Crippen molar-refractivity contribution in [3.8, 4) is 5.75 Å². The molecule has 0 radical (unpaired) electrons. The van der Waals surface area contributed by atoms with Gasteiger partial charge in [0.2, 0.25) is 0 Å². The van der Waals surface area contributed by atoms with Crippen molar-refractivity contribution in [3.05, 3.63) is 21.9 Å². The number of rotatable bonds is 0. The van der Waals surface area contributed by atoms with Crippen LogP contribution in [0.1, 0.15) is 11.3 Å². The summed E-state index contributed by atoms with van der Waals surface area (Å²) in [7, 11) is 0. The maximum Gasteiger partial charge on any atom is 0.151 e. The summed E-state index contributed by atoms with van der Waals surface area (Å²) in [4.78, 5) is 4.00. The van der Waals surface area contributed by atoms with Crippen LogP contribution in [0.3, 0.4) is 0 Å². The normalized spacial score (nSPS) is 9.90. The van der Waals surface area contributed by atoms with E-state index in [0.29, 0.717) is 4.60 Å². The van der Waals surface area contributed by atoms with Gasteiger partial charge in [-0.2, -0.15) is 0 Å². The molecule has 1 aromatic rings. The first-order chi connectivity index (χ1) is 4.61. The van der Waals surface area contributed by atoms with Crippen LogP contribution in [0.2, 0.25) is 0 Å². The Morgan fingerprint density at radius 2 is 2.10 bits per heavy atom. The molecule has 0 fully saturated rings. The van der Waals surface area contributed by atoms with E-state index >= 15 is 0 Å². The first-order valence-corrected chi connectivity index (χ1v) is 3.73. The predicted molar refractivity (Wildman–Crippen MR) is 43.1 cm³/mol. The Kier molecular flexibility index (Phi) is 1.94. The van der Waals surface area contributed by atoms with E-state index in [2.05, 4.69) is 20.9 Å². The third-order valence-corrected chi connectivity index (χ3v) is 1.82. The zero-order chi connectivity index (χ0) is 7.72. The topological polar surface area (TPSA) is 33.1 Å². The van der Waals surface area contributed by atoms with E-state index in [1.807, 2.05) is 19.9 Å². The molecule has 0 atom stereocenters. The van der Waals surface area contributed by atoms with Crippen LogP contribution >= 0.6 is 15.9 Å². The molecule has 1 rings (SSSR count).